The van der Waals surface area contributed by atoms with Gasteiger partial charge in [0.15, 0.2) is 5.65 Å². The van der Waals surface area contributed by atoms with Gasteiger partial charge in [0, 0.05) is 5.56 Å². The van der Waals surface area contributed by atoms with Gasteiger partial charge in [0.2, 0.25) is 5.95 Å². The summed E-state index contributed by atoms with van der Waals surface area (Å²) in [6, 6.07) is 5.85. The minimum Gasteiger partial charge on any atom is -0.496 e. The summed E-state index contributed by atoms with van der Waals surface area (Å²) < 4.78 is 5.25. The van der Waals surface area contributed by atoms with Crippen LogP contribution in [0.2, 0.25) is 0 Å². The van der Waals surface area contributed by atoms with Crippen molar-refractivity contribution >= 4 is 17.1 Å². The van der Waals surface area contributed by atoms with Gasteiger partial charge in [-0.2, -0.15) is 4.98 Å². The van der Waals surface area contributed by atoms with E-state index in [0.29, 0.717) is 5.65 Å². The molecule has 0 unspecified atom stereocenters. The van der Waals surface area contributed by atoms with E-state index in [9.17, 15) is 0 Å². The van der Waals surface area contributed by atoms with Crippen LogP contribution in [0.5, 0.6) is 5.75 Å². The Morgan fingerprint density at radius 1 is 1.26 bits per heavy atom. The fourth-order valence-electron chi connectivity index (χ4n) is 2.08. The minimum absolute atomic E-state index is 0.211. The summed E-state index contributed by atoms with van der Waals surface area (Å²) in [5.41, 5.74) is 9.78. The molecule has 19 heavy (non-hydrogen) atoms. The van der Waals surface area contributed by atoms with E-state index in [2.05, 4.69) is 19.9 Å². The summed E-state index contributed by atoms with van der Waals surface area (Å²) in [5.74, 6) is 1.05. The Kier molecular flexibility index (Phi) is 2.56. The van der Waals surface area contributed by atoms with Crippen LogP contribution in [-0.4, -0.2) is 27.0 Å². The molecule has 0 radical (unpaired) electrons. The minimum atomic E-state index is 0.211. The van der Waals surface area contributed by atoms with Gasteiger partial charge in [-0.25, -0.2) is 9.97 Å². The number of imidazole rings is 1. The molecule has 0 amide bonds. The predicted octanol–water partition coefficient (Wildman–Crippen LogP) is 1.92. The van der Waals surface area contributed by atoms with E-state index < -0.39 is 0 Å². The van der Waals surface area contributed by atoms with Crippen molar-refractivity contribution in [2.45, 2.75) is 6.92 Å². The first-order valence-electron chi connectivity index (χ1n) is 5.80. The zero-order valence-electron chi connectivity index (χ0n) is 10.6. The Labute approximate surface area is 109 Å². The largest absolute Gasteiger partial charge is 0.496 e. The number of anilines is 1. The molecular weight excluding hydrogens is 242 g/mol. The van der Waals surface area contributed by atoms with E-state index in [-0.39, 0.29) is 5.95 Å². The number of rotatable bonds is 2. The Morgan fingerprint density at radius 2 is 2.11 bits per heavy atom. The number of fused-ring (bicyclic) bond motifs is 1. The highest BCUT2D eigenvalue weighted by Crippen LogP contribution is 2.28. The van der Waals surface area contributed by atoms with Gasteiger partial charge in [0.05, 0.1) is 13.4 Å². The number of methoxy groups -OCH3 is 1. The van der Waals surface area contributed by atoms with Crippen molar-refractivity contribution in [3.8, 4) is 17.0 Å². The molecule has 0 saturated carbocycles. The summed E-state index contributed by atoms with van der Waals surface area (Å²) in [4.78, 5) is 15.5. The fourth-order valence-corrected chi connectivity index (χ4v) is 2.08. The van der Waals surface area contributed by atoms with Gasteiger partial charge in [-0.05, 0) is 30.7 Å². The number of nitrogens with two attached hydrogens (primary N) is 1. The lowest BCUT2D eigenvalue weighted by atomic mass is 10.1. The third-order valence-corrected chi connectivity index (χ3v) is 2.97. The topological polar surface area (TPSA) is 89.7 Å². The van der Waals surface area contributed by atoms with Crippen LogP contribution in [0.3, 0.4) is 0 Å². The number of H-pyrrole nitrogens is 1. The van der Waals surface area contributed by atoms with Crippen molar-refractivity contribution in [1.82, 2.24) is 19.9 Å². The summed E-state index contributed by atoms with van der Waals surface area (Å²) in [6.45, 7) is 1.98. The second-order valence-electron chi connectivity index (χ2n) is 4.22. The van der Waals surface area contributed by atoms with Crippen LogP contribution in [0.4, 0.5) is 5.95 Å². The molecule has 2 aromatic heterocycles. The van der Waals surface area contributed by atoms with Gasteiger partial charge in [-0.1, -0.05) is 0 Å². The van der Waals surface area contributed by atoms with E-state index >= 15 is 0 Å². The van der Waals surface area contributed by atoms with Crippen LogP contribution in [-0.2, 0) is 0 Å². The molecule has 0 spiro atoms. The summed E-state index contributed by atoms with van der Waals surface area (Å²) >= 11 is 0. The molecule has 0 aliphatic rings. The van der Waals surface area contributed by atoms with Gasteiger partial charge in [0.1, 0.15) is 17.0 Å². The quantitative estimate of drug-likeness (QED) is 0.730. The molecule has 0 atom stereocenters. The van der Waals surface area contributed by atoms with Gasteiger partial charge in [-0.15, -0.1) is 0 Å². The fraction of sp³-hybridized carbons (Fsp3) is 0.154. The molecule has 3 N–H and O–H groups in total. The Balaban J connectivity index is 2.23. The number of hydrogen-bond donors (Lipinski definition) is 2. The molecule has 3 rings (SSSR count). The number of ether oxygens (including phenoxy) is 1. The molecule has 0 aliphatic heterocycles. The van der Waals surface area contributed by atoms with Gasteiger partial charge >= 0.3 is 0 Å². The molecule has 96 valence electrons. The van der Waals surface area contributed by atoms with Crippen LogP contribution in [0.15, 0.2) is 24.5 Å². The highest BCUT2D eigenvalue weighted by molar-refractivity contribution is 5.88. The molecular formula is C13H13N5O. The number of nitrogen functional groups attached to an aromatic ring is 1. The summed E-state index contributed by atoms with van der Waals surface area (Å²) in [6.07, 6.45) is 1.58. The SMILES string of the molecule is COc1ccc(-c2nc(N)nc3nc[nH]c23)cc1C. The molecule has 0 aliphatic carbocycles. The van der Waals surface area contributed by atoms with Crippen molar-refractivity contribution in [2.75, 3.05) is 12.8 Å². The first-order valence-corrected chi connectivity index (χ1v) is 5.80. The molecule has 1 aromatic carbocycles. The van der Waals surface area contributed by atoms with Crippen LogP contribution < -0.4 is 10.5 Å². The van der Waals surface area contributed by atoms with Gasteiger partial charge < -0.3 is 15.5 Å². The molecule has 2 heterocycles. The van der Waals surface area contributed by atoms with E-state index in [0.717, 1.165) is 28.1 Å². The van der Waals surface area contributed by atoms with Crippen LogP contribution in [0.1, 0.15) is 5.56 Å². The maximum Gasteiger partial charge on any atom is 0.222 e. The molecule has 0 saturated heterocycles. The van der Waals surface area contributed by atoms with Crippen molar-refractivity contribution < 1.29 is 4.74 Å². The van der Waals surface area contributed by atoms with Crippen LogP contribution >= 0.6 is 0 Å². The van der Waals surface area contributed by atoms with Gasteiger partial charge in [0.25, 0.3) is 0 Å². The van der Waals surface area contributed by atoms with Crippen molar-refractivity contribution in [3.05, 3.63) is 30.1 Å². The lowest BCUT2D eigenvalue weighted by Crippen LogP contribution is -1.98. The maximum absolute atomic E-state index is 5.71. The Hall–Kier alpha value is -2.63. The normalized spacial score (nSPS) is 10.8. The van der Waals surface area contributed by atoms with Crippen LogP contribution in [0.25, 0.3) is 22.4 Å². The number of aromatic nitrogens is 4. The Morgan fingerprint density at radius 3 is 2.84 bits per heavy atom. The Bertz CT molecular complexity index is 750. The van der Waals surface area contributed by atoms with Crippen molar-refractivity contribution in [1.29, 1.82) is 0 Å². The monoisotopic (exact) mass is 255 g/mol. The first kappa shape index (κ1) is 11.5. The molecule has 6 heteroatoms. The van der Waals surface area contributed by atoms with E-state index in [1.54, 1.807) is 13.4 Å². The van der Waals surface area contributed by atoms with E-state index in [1.165, 1.54) is 0 Å². The number of aromatic amines is 1. The van der Waals surface area contributed by atoms with Crippen LogP contribution in [0, 0.1) is 6.92 Å². The third kappa shape index (κ3) is 1.87. The highest BCUT2D eigenvalue weighted by atomic mass is 16.5. The zero-order chi connectivity index (χ0) is 13.4. The van der Waals surface area contributed by atoms with Crippen molar-refractivity contribution in [2.24, 2.45) is 0 Å². The number of hydrogen-bond acceptors (Lipinski definition) is 5. The standard InChI is InChI=1S/C13H13N5O/c1-7-5-8(3-4-9(7)19-2)10-11-12(16-6-15-11)18-13(14)17-10/h3-6H,1-2H3,(H3,14,15,16,17,18). The smallest absolute Gasteiger partial charge is 0.222 e. The van der Waals surface area contributed by atoms with Crippen molar-refractivity contribution in [3.63, 3.8) is 0 Å². The summed E-state index contributed by atoms with van der Waals surface area (Å²) in [7, 11) is 1.65. The number of nitrogens with one attached hydrogen (secondary N) is 1. The lowest BCUT2D eigenvalue weighted by molar-refractivity contribution is 0.412. The summed E-state index contributed by atoms with van der Waals surface area (Å²) in [5, 5.41) is 0. The molecule has 0 fully saturated rings. The molecule has 6 nitrogen and oxygen atoms in total. The average molecular weight is 255 g/mol. The maximum atomic E-state index is 5.71. The third-order valence-electron chi connectivity index (χ3n) is 2.97. The second kappa shape index (κ2) is 4.24. The highest BCUT2D eigenvalue weighted by Gasteiger charge is 2.11. The number of nitrogens with zero attached hydrogens (tertiary/aromatic N) is 3. The second-order valence-corrected chi connectivity index (χ2v) is 4.22. The average Bonchev–Trinajstić information content (AvgIpc) is 2.85. The predicted molar refractivity (Wildman–Crippen MR) is 72.8 cm³/mol. The van der Waals surface area contributed by atoms with E-state index in [4.69, 9.17) is 10.5 Å². The first-order chi connectivity index (χ1) is 9.19. The number of aryl methyl sites for hydroxylation is 1. The van der Waals surface area contributed by atoms with Gasteiger partial charge in [-0.3, -0.25) is 0 Å². The molecule has 3 aromatic rings. The molecule has 0 bridgehead atoms. The lowest BCUT2D eigenvalue weighted by Gasteiger charge is -2.08. The number of benzene rings is 1. The zero-order valence-corrected chi connectivity index (χ0v) is 10.6. The van der Waals surface area contributed by atoms with E-state index in [1.807, 2.05) is 25.1 Å².